The Bertz CT molecular complexity index is 582. The van der Waals surface area contributed by atoms with Gasteiger partial charge in [-0.3, -0.25) is 5.41 Å². The number of rotatable bonds is 3. The Labute approximate surface area is 113 Å². The Hall–Kier alpha value is -2.44. The molecule has 0 aromatic heterocycles. The van der Waals surface area contributed by atoms with E-state index in [9.17, 15) is 13.2 Å². The molecule has 4 N–H and O–H groups in total. The van der Waals surface area contributed by atoms with Crippen LogP contribution in [0.3, 0.4) is 0 Å². The van der Waals surface area contributed by atoms with Crippen LogP contribution in [0, 0.1) is 10.8 Å². The standard InChI is InChI=1S/C13H13F3N4/c1-8(17)20-12(19)6-5-11(18)9-3-2-4-10(7-9)13(14,15)16/h2-7,18H,1H3,(H3,17,19,20)/b6-5-,18-11?. The van der Waals surface area contributed by atoms with E-state index < -0.39 is 11.7 Å². The summed E-state index contributed by atoms with van der Waals surface area (Å²) in [5.41, 5.74) is 4.42. The van der Waals surface area contributed by atoms with Gasteiger partial charge in [-0.1, -0.05) is 12.1 Å². The molecule has 1 rings (SSSR count). The lowest BCUT2D eigenvalue weighted by Crippen LogP contribution is -2.08. The number of halogens is 3. The van der Waals surface area contributed by atoms with Gasteiger partial charge in [0.15, 0.2) is 0 Å². The predicted molar refractivity (Wildman–Crippen MR) is 72.4 cm³/mol. The lowest BCUT2D eigenvalue weighted by atomic mass is 10.1. The molecule has 7 heteroatoms. The molecule has 20 heavy (non-hydrogen) atoms. The maximum absolute atomic E-state index is 12.5. The van der Waals surface area contributed by atoms with Crippen LogP contribution in [0.4, 0.5) is 13.2 Å². The van der Waals surface area contributed by atoms with E-state index in [1.807, 2.05) is 0 Å². The van der Waals surface area contributed by atoms with Crippen LogP contribution >= 0.6 is 0 Å². The fraction of sp³-hybridized carbons (Fsp3) is 0.154. The Balaban J connectivity index is 2.91. The molecule has 0 aliphatic carbocycles. The molecule has 0 radical (unpaired) electrons. The molecule has 0 amide bonds. The summed E-state index contributed by atoms with van der Waals surface area (Å²) in [4.78, 5) is 3.61. The largest absolute Gasteiger partial charge is 0.416 e. The molecule has 0 aliphatic heterocycles. The molecule has 0 heterocycles. The van der Waals surface area contributed by atoms with E-state index in [0.717, 1.165) is 12.1 Å². The van der Waals surface area contributed by atoms with E-state index in [1.165, 1.54) is 31.2 Å². The molecule has 0 spiro atoms. The SMILES string of the molecule is CC(N)=NC(=N)/C=C\C(=N)c1cccc(C(F)(F)F)c1. The second-order valence-corrected chi connectivity index (χ2v) is 3.96. The van der Waals surface area contributed by atoms with Crippen molar-refractivity contribution in [3.63, 3.8) is 0 Å². The second kappa shape index (κ2) is 6.14. The average Bonchev–Trinajstić information content (AvgIpc) is 2.34. The smallest absolute Gasteiger partial charge is 0.387 e. The van der Waals surface area contributed by atoms with Gasteiger partial charge in [-0.15, -0.1) is 0 Å². The highest BCUT2D eigenvalue weighted by Crippen LogP contribution is 2.29. The Morgan fingerprint density at radius 3 is 2.45 bits per heavy atom. The molecule has 4 nitrogen and oxygen atoms in total. The van der Waals surface area contributed by atoms with Gasteiger partial charge in [0.05, 0.1) is 17.1 Å². The molecule has 1 aromatic carbocycles. The summed E-state index contributed by atoms with van der Waals surface area (Å²) in [6.07, 6.45) is -2.06. The first-order chi connectivity index (χ1) is 9.20. The maximum atomic E-state index is 12.5. The minimum Gasteiger partial charge on any atom is -0.387 e. The molecule has 0 aliphatic rings. The van der Waals surface area contributed by atoms with Crippen molar-refractivity contribution in [3.8, 4) is 0 Å². The summed E-state index contributed by atoms with van der Waals surface area (Å²) < 4.78 is 37.6. The molecule has 106 valence electrons. The van der Waals surface area contributed by atoms with Gasteiger partial charge in [0.25, 0.3) is 0 Å². The number of hydrogen-bond acceptors (Lipinski definition) is 2. The van der Waals surface area contributed by atoms with Crippen molar-refractivity contribution in [2.45, 2.75) is 13.1 Å². The van der Waals surface area contributed by atoms with Crippen molar-refractivity contribution in [2.24, 2.45) is 10.7 Å². The quantitative estimate of drug-likeness (QED) is 0.577. The minimum absolute atomic E-state index is 0.109. The summed E-state index contributed by atoms with van der Waals surface area (Å²) in [6.45, 7) is 1.50. The summed E-state index contributed by atoms with van der Waals surface area (Å²) in [6, 6.07) is 4.44. The first kappa shape index (κ1) is 15.6. The third kappa shape index (κ3) is 4.68. The fourth-order valence-corrected chi connectivity index (χ4v) is 1.35. The van der Waals surface area contributed by atoms with Crippen LogP contribution in [0.25, 0.3) is 0 Å². The molecule has 0 bridgehead atoms. The number of nitrogens with zero attached hydrogens (tertiary/aromatic N) is 1. The van der Waals surface area contributed by atoms with Crippen molar-refractivity contribution in [1.82, 2.24) is 0 Å². The van der Waals surface area contributed by atoms with Gasteiger partial charge in [-0.25, -0.2) is 4.99 Å². The second-order valence-electron chi connectivity index (χ2n) is 3.96. The highest BCUT2D eigenvalue weighted by molar-refractivity contribution is 6.10. The number of nitrogens with two attached hydrogens (primary N) is 1. The number of hydrogen-bond donors (Lipinski definition) is 3. The van der Waals surface area contributed by atoms with Gasteiger partial charge in [-0.2, -0.15) is 13.2 Å². The first-order valence-electron chi connectivity index (χ1n) is 5.53. The number of allylic oxidation sites excluding steroid dienone is 1. The average molecular weight is 282 g/mol. The molecule has 0 saturated heterocycles. The van der Waals surface area contributed by atoms with Crippen molar-refractivity contribution >= 4 is 17.4 Å². The Morgan fingerprint density at radius 2 is 1.90 bits per heavy atom. The minimum atomic E-state index is -4.45. The van der Waals surface area contributed by atoms with Gasteiger partial charge >= 0.3 is 6.18 Å². The van der Waals surface area contributed by atoms with Gasteiger partial charge in [0, 0.05) is 0 Å². The number of benzene rings is 1. The van der Waals surface area contributed by atoms with Crippen molar-refractivity contribution in [2.75, 3.05) is 0 Å². The topological polar surface area (TPSA) is 86.1 Å². The summed E-state index contributed by atoms with van der Waals surface area (Å²) in [5, 5.41) is 15.1. The van der Waals surface area contributed by atoms with Crippen LogP contribution in [-0.4, -0.2) is 17.4 Å². The number of amidine groups is 2. The lowest BCUT2D eigenvalue weighted by molar-refractivity contribution is -0.137. The molecule has 1 aromatic rings. The van der Waals surface area contributed by atoms with E-state index in [2.05, 4.69) is 4.99 Å². The van der Waals surface area contributed by atoms with E-state index in [4.69, 9.17) is 16.6 Å². The lowest BCUT2D eigenvalue weighted by Gasteiger charge is -2.07. The third-order valence-electron chi connectivity index (χ3n) is 2.21. The van der Waals surface area contributed by atoms with E-state index in [1.54, 1.807) is 0 Å². The molecule has 0 atom stereocenters. The van der Waals surface area contributed by atoms with Crippen LogP contribution in [0.2, 0.25) is 0 Å². The monoisotopic (exact) mass is 282 g/mol. The van der Waals surface area contributed by atoms with Crippen LogP contribution in [-0.2, 0) is 6.18 Å². The van der Waals surface area contributed by atoms with Crippen LogP contribution in [0.5, 0.6) is 0 Å². The van der Waals surface area contributed by atoms with E-state index in [0.29, 0.717) is 0 Å². The zero-order valence-corrected chi connectivity index (χ0v) is 10.6. The highest BCUT2D eigenvalue weighted by Gasteiger charge is 2.30. The number of alkyl halides is 3. The van der Waals surface area contributed by atoms with Crippen LogP contribution in [0.15, 0.2) is 41.4 Å². The zero-order valence-electron chi connectivity index (χ0n) is 10.6. The Morgan fingerprint density at radius 1 is 1.25 bits per heavy atom. The van der Waals surface area contributed by atoms with E-state index >= 15 is 0 Å². The molecule has 0 saturated carbocycles. The number of nitrogens with one attached hydrogen (secondary N) is 2. The number of aliphatic imine (C=N–C) groups is 1. The first-order valence-corrected chi connectivity index (χ1v) is 5.53. The van der Waals surface area contributed by atoms with Crippen LogP contribution < -0.4 is 5.73 Å². The summed E-state index contributed by atoms with van der Waals surface area (Å²) in [7, 11) is 0. The highest BCUT2D eigenvalue weighted by atomic mass is 19.4. The van der Waals surface area contributed by atoms with Gasteiger partial charge in [-0.05, 0) is 36.8 Å². The zero-order chi connectivity index (χ0) is 15.3. The van der Waals surface area contributed by atoms with Gasteiger partial charge in [0.1, 0.15) is 5.84 Å². The van der Waals surface area contributed by atoms with Crippen molar-refractivity contribution in [1.29, 1.82) is 10.8 Å². The van der Waals surface area contributed by atoms with Gasteiger partial charge in [0.2, 0.25) is 0 Å². The molecule has 0 fully saturated rings. The summed E-state index contributed by atoms with van der Waals surface area (Å²) in [5.74, 6) is 0.00646. The molecule has 0 unspecified atom stereocenters. The van der Waals surface area contributed by atoms with Gasteiger partial charge < -0.3 is 11.1 Å². The van der Waals surface area contributed by atoms with Crippen molar-refractivity contribution in [3.05, 3.63) is 47.5 Å². The molecular formula is C13H13F3N4. The maximum Gasteiger partial charge on any atom is 0.416 e. The normalized spacial score (nSPS) is 12.7. The third-order valence-corrected chi connectivity index (χ3v) is 2.21. The fourth-order valence-electron chi connectivity index (χ4n) is 1.35. The van der Waals surface area contributed by atoms with E-state index in [-0.39, 0.29) is 22.9 Å². The van der Waals surface area contributed by atoms with Crippen LogP contribution in [0.1, 0.15) is 18.1 Å². The summed E-state index contributed by atoms with van der Waals surface area (Å²) >= 11 is 0. The van der Waals surface area contributed by atoms with Crippen molar-refractivity contribution < 1.29 is 13.2 Å². The predicted octanol–water partition coefficient (Wildman–Crippen LogP) is 2.98. The molecular weight excluding hydrogens is 269 g/mol. The Kier molecular flexibility index (Phi) is 4.79.